The third kappa shape index (κ3) is 3.28. The Morgan fingerprint density at radius 1 is 1.37 bits per heavy atom. The Hall–Kier alpha value is -1.06. The Labute approximate surface area is 115 Å². The highest BCUT2D eigenvalue weighted by atomic mass is 16.2. The zero-order chi connectivity index (χ0) is 14.0. The molecule has 2 amide bonds. The van der Waals surface area contributed by atoms with Crippen LogP contribution >= 0.6 is 0 Å². The summed E-state index contributed by atoms with van der Waals surface area (Å²) in [6.45, 7) is 7.37. The molecule has 1 aliphatic carbocycles. The van der Waals surface area contributed by atoms with E-state index in [0.29, 0.717) is 5.92 Å². The number of nitrogens with one attached hydrogen (secondary N) is 1. The van der Waals surface area contributed by atoms with Gasteiger partial charge in [-0.15, -0.1) is 0 Å². The molecule has 4 heteroatoms. The van der Waals surface area contributed by atoms with Gasteiger partial charge in [-0.25, -0.2) is 0 Å². The summed E-state index contributed by atoms with van der Waals surface area (Å²) in [5.74, 6) is 1.68. The van der Waals surface area contributed by atoms with E-state index < -0.39 is 0 Å². The lowest BCUT2D eigenvalue weighted by atomic mass is 9.95. The second-order valence-electron chi connectivity index (χ2n) is 6.43. The predicted octanol–water partition coefficient (Wildman–Crippen LogP) is 1.80. The Kier molecular flexibility index (Phi) is 4.48. The highest BCUT2D eigenvalue weighted by molar-refractivity contribution is 5.95. The molecule has 0 spiro atoms. The largest absolute Gasteiger partial charge is 0.342 e. The SMILES string of the molecule is CCC(C)C1NC(=O)CN(CC2CCC(C)C2)C1=O. The summed E-state index contributed by atoms with van der Waals surface area (Å²) >= 11 is 0. The monoisotopic (exact) mass is 266 g/mol. The van der Waals surface area contributed by atoms with Gasteiger partial charge in [-0.3, -0.25) is 9.59 Å². The normalized spacial score (nSPS) is 33.4. The third-order valence-corrected chi connectivity index (χ3v) is 4.72. The van der Waals surface area contributed by atoms with Crippen molar-refractivity contribution >= 4 is 11.8 Å². The first kappa shape index (κ1) is 14.4. The maximum atomic E-state index is 12.5. The first-order valence-electron chi connectivity index (χ1n) is 7.59. The van der Waals surface area contributed by atoms with Crippen molar-refractivity contribution in [2.75, 3.05) is 13.1 Å². The fourth-order valence-electron chi connectivity index (χ4n) is 3.31. The lowest BCUT2D eigenvalue weighted by Crippen LogP contribution is -2.60. The minimum absolute atomic E-state index is 0.00375. The predicted molar refractivity (Wildman–Crippen MR) is 74.5 cm³/mol. The average Bonchev–Trinajstić information content (AvgIpc) is 2.78. The summed E-state index contributed by atoms with van der Waals surface area (Å²) in [6.07, 6.45) is 4.55. The highest BCUT2D eigenvalue weighted by Gasteiger charge is 2.37. The van der Waals surface area contributed by atoms with Crippen molar-refractivity contribution in [3.8, 4) is 0 Å². The van der Waals surface area contributed by atoms with Gasteiger partial charge in [-0.2, -0.15) is 0 Å². The number of amides is 2. The van der Waals surface area contributed by atoms with E-state index in [1.807, 2.05) is 6.92 Å². The summed E-state index contributed by atoms with van der Waals surface area (Å²) in [5, 5.41) is 2.85. The number of carbonyl (C=O) groups excluding carboxylic acids is 2. The quantitative estimate of drug-likeness (QED) is 0.843. The first-order valence-corrected chi connectivity index (χ1v) is 7.59. The van der Waals surface area contributed by atoms with E-state index in [1.54, 1.807) is 4.90 Å². The standard InChI is InChI=1S/C15H26N2O2/c1-4-11(3)14-15(19)17(9-13(18)16-14)8-12-6-5-10(2)7-12/h10-12,14H,4-9H2,1-3H3,(H,16,18). The summed E-state index contributed by atoms with van der Waals surface area (Å²) in [4.78, 5) is 26.0. The maximum absolute atomic E-state index is 12.5. The molecular weight excluding hydrogens is 240 g/mol. The highest BCUT2D eigenvalue weighted by Crippen LogP contribution is 2.31. The van der Waals surface area contributed by atoms with E-state index in [0.717, 1.165) is 18.9 Å². The van der Waals surface area contributed by atoms with Crippen LogP contribution in [0, 0.1) is 17.8 Å². The molecule has 2 aliphatic rings. The van der Waals surface area contributed by atoms with Gasteiger partial charge in [0.05, 0.1) is 6.54 Å². The summed E-state index contributed by atoms with van der Waals surface area (Å²) in [7, 11) is 0. The Morgan fingerprint density at radius 3 is 2.68 bits per heavy atom. The molecular formula is C15H26N2O2. The van der Waals surface area contributed by atoms with Crippen LogP contribution in [0.1, 0.15) is 46.5 Å². The lowest BCUT2D eigenvalue weighted by Gasteiger charge is -2.36. The number of piperazine rings is 1. The summed E-state index contributed by atoms with van der Waals surface area (Å²) in [6, 6.07) is -0.315. The van der Waals surface area contributed by atoms with Crippen molar-refractivity contribution in [1.29, 1.82) is 0 Å². The summed E-state index contributed by atoms with van der Waals surface area (Å²) < 4.78 is 0. The van der Waals surface area contributed by atoms with Gasteiger partial charge in [0, 0.05) is 6.54 Å². The van der Waals surface area contributed by atoms with Crippen LogP contribution in [-0.4, -0.2) is 35.8 Å². The number of hydrogen-bond acceptors (Lipinski definition) is 2. The van der Waals surface area contributed by atoms with E-state index >= 15 is 0 Å². The van der Waals surface area contributed by atoms with Crippen molar-refractivity contribution in [2.24, 2.45) is 17.8 Å². The zero-order valence-electron chi connectivity index (χ0n) is 12.3. The Morgan fingerprint density at radius 2 is 2.11 bits per heavy atom. The van der Waals surface area contributed by atoms with Gasteiger partial charge >= 0.3 is 0 Å². The van der Waals surface area contributed by atoms with Gasteiger partial charge in [0.15, 0.2) is 0 Å². The van der Waals surface area contributed by atoms with Crippen LogP contribution in [-0.2, 0) is 9.59 Å². The van der Waals surface area contributed by atoms with Crippen molar-refractivity contribution < 1.29 is 9.59 Å². The molecule has 2 rings (SSSR count). The second-order valence-corrected chi connectivity index (χ2v) is 6.43. The van der Waals surface area contributed by atoms with Gasteiger partial charge in [-0.05, 0) is 30.6 Å². The van der Waals surface area contributed by atoms with Crippen LogP contribution < -0.4 is 5.32 Å². The molecule has 108 valence electrons. The van der Waals surface area contributed by atoms with Crippen molar-refractivity contribution in [1.82, 2.24) is 10.2 Å². The fourth-order valence-corrected chi connectivity index (χ4v) is 3.31. The van der Waals surface area contributed by atoms with E-state index in [2.05, 4.69) is 19.2 Å². The van der Waals surface area contributed by atoms with E-state index in [1.165, 1.54) is 19.3 Å². The number of rotatable bonds is 4. The van der Waals surface area contributed by atoms with Gasteiger partial charge in [0.2, 0.25) is 11.8 Å². The molecule has 1 N–H and O–H groups in total. The molecule has 0 bridgehead atoms. The smallest absolute Gasteiger partial charge is 0.245 e. The number of nitrogens with zero attached hydrogens (tertiary/aromatic N) is 1. The van der Waals surface area contributed by atoms with Gasteiger partial charge in [-0.1, -0.05) is 33.6 Å². The molecule has 2 fully saturated rings. The fraction of sp³-hybridized carbons (Fsp3) is 0.867. The van der Waals surface area contributed by atoms with Crippen molar-refractivity contribution in [2.45, 2.75) is 52.5 Å². The van der Waals surface area contributed by atoms with Crippen LogP contribution in [0.25, 0.3) is 0 Å². The number of carbonyl (C=O) groups is 2. The van der Waals surface area contributed by atoms with Crippen LogP contribution in [0.15, 0.2) is 0 Å². The molecule has 4 atom stereocenters. The van der Waals surface area contributed by atoms with Gasteiger partial charge in [0.25, 0.3) is 0 Å². The molecule has 0 aromatic carbocycles. The lowest BCUT2D eigenvalue weighted by molar-refractivity contribution is -0.146. The Bertz CT molecular complexity index is 356. The molecule has 0 aromatic heterocycles. The van der Waals surface area contributed by atoms with E-state index in [4.69, 9.17) is 0 Å². The molecule has 1 saturated carbocycles. The third-order valence-electron chi connectivity index (χ3n) is 4.72. The van der Waals surface area contributed by atoms with Crippen LogP contribution in [0.5, 0.6) is 0 Å². The maximum Gasteiger partial charge on any atom is 0.245 e. The molecule has 4 unspecified atom stereocenters. The molecule has 4 nitrogen and oxygen atoms in total. The first-order chi connectivity index (χ1) is 9.01. The van der Waals surface area contributed by atoms with Gasteiger partial charge < -0.3 is 10.2 Å². The topological polar surface area (TPSA) is 49.4 Å². The van der Waals surface area contributed by atoms with E-state index in [9.17, 15) is 9.59 Å². The van der Waals surface area contributed by atoms with Crippen molar-refractivity contribution in [3.05, 3.63) is 0 Å². The van der Waals surface area contributed by atoms with Crippen LogP contribution in [0.2, 0.25) is 0 Å². The minimum atomic E-state index is -0.315. The Balaban J connectivity index is 1.99. The molecule has 0 radical (unpaired) electrons. The minimum Gasteiger partial charge on any atom is -0.342 e. The molecule has 0 aromatic rings. The average molecular weight is 266 g/mol. The van der Waals surface area contributed by atoms with E-state index in [-0.39, 0.29) is 30.3 Å². The van der Waals surface area contributed by atoms with Crippen LogP contribution in [0.4, 0.5) is 0 Å². The zero-order valence-corrected chi connectivity index (χ0v) is 12.3. The summed E-state index contributed by atoms with van der Waals surface area (Å²) in [5.41, 5.74) is 0. The molecule has 1 aliphatic heterocycles. The number of hydrogen-bond donors (Lipinski definition) is 1. The molecule has 19 heavy (non-hydrogen) atoms. The van der Waals surface area contributed by atoms with Crippen molar-refractivity contribution in [3.63, 3.8) is 0 Å². The molecule has 1 saturated heterocycles. The van der Waals surface area contributed by atoms with Gasteiger partial charge in [0.1, 0.15) is 6.04 Å². The molecule has 1 heterocycles. The second kappa shape index (κ2) is 5.93. The van der Waals surface area contributed by atoms with Crippen LogP contribution in [0.3, 0.4) is 0 Å².